The van der Waals surface area contributed by atoms with Crippen LogP contribution in [0, 0.1) is 0 Å². The molecule has 7 heteroatoms. The Bertz CT molecular complexity index is 609. The summed E-state index contributed by atoms with van der Waals surface area (Å²) < 4.78 is 12.5. The van der Waals surface area contributed by atoms with Crippen molar-refractivity contribution in [3.05, 3.63) is 35.9 Å². The number of nitrogens with zero attached hydrogens (tertiary/aromatic N) is 3. The number of aromatic carboxylic acids is 1. The number of methoxy groups -OCH3 is 1. The van der Waals surface area contributed by atoms with Crippen LogP contribution in [0.25, 0.3) is 0 Å². The quantitative estimate of drug-likeness (QED) is 0.862. The Balaban J connectivity index is 2.15. The van der Waals surface area contributed by atoms with Crippen molar-refractivity contribution < 1.29 is 19.4 Å². The highest BCUT2D eigenvalue weighted by molar-refractivity contribution is 5.88. The average molecular weight is 277 g/mol. The van der Waals surface area contributed by atoms with Crippen molar-refractivity contribution in [1.82, 2.24) is 14.8 Å². The molecule has 0 fully saturated rings. The van der Waals surface area contributed by atoms with Crippen molar-refractivity contribution in [3.8, 4) is 11.5 Å². The first-order valence-corrected chi connectivity index (χ1v) is 6.06. The van der Waals surface area contributed by atoms with Crippen LogP contribution in [0.3, 0.4) is 0 Å². The van der Waals surface area contributed by atoms with Gasteiger partial charge in [-0.15, -0.1) is 0 Å². The maximum absolute atomic E-state index is 10.9. The highest BCUT2D eigenvalue weighted by Crippen LogP contribution is 2.28. The van der Waals surface area contributed by atoms with Crippen molar-refractivity contribution in [2.45, 2.75) is 20.1 Å². The van der Waals surface area contributed by atoms with E-state index < -0.39 is 5.97 Å². The molecule has 0 saturated carbocycles. The zero-order valence-corrected chi connectivity index (χ0v) is 11.2. The Hall–Kier alpha value is -2.57. The number of hydrogen-bond donors (Lipinski definition) is 1. The molecule has 20 heavy (non-hydrogen) atoms. The molecule has 0 radical (unpaired) electrons. The molecule has 2 rings (SSSR count). The number of rotatable bonds is 6. The summed E-state index contributed by atoms with van der Waals surface area (Å²) in [5.41, 5.74) is 0.144. The van der Waals surface area contributed by atoms with Crippen molar-refractivity contribution in [2.24, 2.45) is 0 Å². The van der Waals surface area contributed by atoms with E-state index in [4.69, 9.17) is 14.6 Å². The molecule has 1 N–H and O–H groups in total. The lowest BCUT2D eigenvalue weighted by Crippen LogP contribution is -2.08. The average Bonchev–Trinajstić information content (AvgIpc) is 2.92. The summed E-state index contributed by atoms with van der Waals surface area (Å²) in [4.78, 5) is 15.0. The number of aromatic nitrogens is 3. The number of carbonyl (C=O) groups is 1. The minimum Gasteiger partial charge on any atom is -0.493 e. The van der Waals surface area contributed by atoms with Gasteiger partial charge in [-0.1, -0.05) is 0 Å². The first-order valence-electron chi connectivity index (χ1n) is 6.06. The number of carboxylic acid groups (broad SMARTS) is 1. The van der Waals surface area contributed by atoms with Gasteiger partial charge < -0.3 is 14.6 Å². The van der Waals surface area contributed by atoms with E-state index in [2.05, 4.69) is 10.1 Å². The van der Waals surface area contributed by atoms with Crippen LogP contribution in [0.5, 0.6) is 11.5 Å². The molecule has 106 valence electrons. The predicted octanol–water partition coefficient (Wildman–Crippen LogP) is 1.58. The SMILES string of the molecule is CCn1ncnc1COc1ccc(C(=O)O)cc1OC. The molecular formula is C13H15N3O4. The van der Waals surface area contributed by atoms with Crippen molar-refractivity contribution in [3.63, 3.8) is 0 Å². The Labute approximate surface area is 115 Å². The van der Waals surface area contributed by atoms with Crippen LogP contribution in [-0.4, -0.2) is 33.0 Å². The van der Waals surface area contributed by atoms with E-state index >= 15 is 0 Å². The van der Waals surface area contributed by atoms with Gasteiger partial charge in [0.05, 0.1) is 12.7 Å². The van der Waals surface area contributed by atoms with Gasteiger partial charge in [0.25, 0.3) is 0 Å². The van der Waals surface area contributed by atoms with Crippen LogP contribution < -0.4 is 9.47 Å². The van der Waals surface area contributed by atoms with Gasteiger partial charge in [-0.25, -0.2) is 14.5 Å². The van der Waals surface area contributed by atoms with Gasteiger partial charge in [0.1, 0.15) is 12.9 Å². The lowest BCUT2D eigenvalue weighted by atomic mass is 10.2. The molecule has 1 aromatic heterocycles. The number of ether oxygens (including phenoxy) is 2. The van der Waals surface area contributed by atoms with E-state index in [0.29, 0.717) is 23.9 Å². The number of benzene rings is 1. The fraction of sp³-hybridized carbons (Fsp3) is 0.308. The number of hydrogen-bond acceptors (Lipinski definition) is 5. The van der Waals surface area contributed by atoms with Gasteiger partial charge in [0.15, 0.2) is 17.3 Å². The molecule has 2 aromatic rings. The third-order valence-electron chi connectivity index (χ3n) is 2.76. The molecule has 1 aromatic carbocycles. The van der Waals surface area contributed by atoms with E-state index in [1.807, 2.05) is 6.92 Å². The second kappa shape index (κ2) is 6.05. The van der Waals surface area contributed by atoms with Crippen molar-refractivity contribution in [2.75, 3.05) is 7.11 Å². The molecule has 0 aliphatic carbocycles. The number of carboxylic acids is 1. The maximum Gasteiger partial charge on any atom is 0.335 e. The summed E-state index contributed by atoms with van der Waals surface area (Å²) >= 11 is 0. The molecule has 0 amide bonds. The zero-order valence-electron chi connectivity index (χ0n) is 11.2. The Morgan fingerprint density at radius 3 is 2.85 bits per heavy atom. The van der Waals surface area contributed by atoms with Gasteiger partial charge in [0.2, 0.25) is 0 Å². The third-order valence-corrected chi connectivity index (χ3v) is 2.76. The van der Waals surface area contributed by atoms with E-state index in [-0.39, 0.29) is 12.2 Å². The summed E-state index contributed by atoms with van der Waals surface area (Å²) in [6.07, 6.45) is 1.47. The van der Waals surface area contributed by atoms with Gasteiger partial charge in [-0.2, -0.15) is 5.10 Å². The third kappa shape index (κ3) is 2.87. The van der Waals surface area contributed by atoms with Gasteiger partial charge >= 0.3 is 5.97 Å². The fourth-order valence-corrected chi connectivity index (χ4v) is 1.73. The summed E-state index contributed by atoms with van der Waals surface area (Å²) in [5.74, 6) is 0.507. The van der Waals surface area contributed by atoms with Gasteiger partial charge in [-0.3, -0.25) is 0 Å². The normalized spacial score (nSPS) is 10.3. The van der Waals surface area contributed by atoms with E-state index in [1.54, 1.807) is 10.7 Å². The van der Waals surface area contributed by atoms with Crippen LogP contribution in [0.4, 0.5) is 0 Å². The van der Waals surface area contributed by atoms with E-state index in [9.17, 15) is 4.79 Å². The van der Waals surface area contributed by atoms with Crippen molar-refractivity contribution in [1.29, 1.82) is 0 Å². The molecule has 1 heterocycles. The van der Waals surface area contributed by atoms with Crippen LogP contribution in [0.2, 0.25) is 0 Å². The molecule has 0 aliphatic heterocycles. The summed E-state index contributed by atoms with van der Waals surface area (Å²) in [6, 6.07) is 4.45. The molecular weight excluding hydrogens is 262 g/mol. The predicted molar refractivity (Wildman–Crippen MR) is 70.0 cm³/mol. The highest BCUT2D eigenvalue weighted by atomic mass is 16.5. The van der Waals surface area contributed by atoms with E-state index in [0.717, 1.165) is 0 Å². The highest BCUT2D eigenvalue weighted by Gasteiger charge is 2.11. The van der Waals surface area contributed by atoms with Gasteiger partial charge in [-0.05, 0) is 25.1 Å². The molecule has 0 saturated heterocycles. The molecule has 0 unspecified atom stereocenters. The second-order valence-electron chi connectivity index (χ2n) is 3.95. The van der Waals surface area contributed by atoms with Crippen LogP contribution in [0.15, 0.2) is 24.5 Å². The molecule has 7 nitrogen and oxygen atoms in total. The first-order chi connectivity index (χ1) is 9.65. The minimum atomic E-state index is -1.01. The van der Waals surface area contributed by atoms with E-state index in [1.165, 1.54) is 25.6 Å². The Morgan fingerprint density at radius 2 is 2.20 bits per heavy atom. The van der Waals surface area contributed by atoms with Crippen LogP contribution in [-0.2, 0) is 13.2 Å². The molecule has 0 aliphatic rings. The largest absolute Gasteiger partial charge is 0.493 e. The van der Waals surface area contributed by atoms with Gasteiger partial charge in [0, 0.05) is 6.54 Å². The lowest BCUT2D eigenvalue weighted by molar-refractivity contribution is 0.0696. The Kier molecular flexibility index (Phi) is 4.19. The second-order valence-corrected chi connectivity index (χ2v) is 3.95. The lowest BCUT2D eigenvalue weighted by Gasteiger charge is -2.11. The maximum atomic E-state index is 10.9. The Morgan fingerprint density at radius 1 is 1.40 bits per heavy atom. The zero-order chi connectivity index (χ0) is 14.5. The molecule has 0 bridgehead atoms. The standard InChI is InChI=1S/C13H15N3O4/c1-3-16-12(14-8-15-16)7-20-10-5-4-9(13(17)18)6-11(10)19-2/h4-6,8H,3,7H2,1-2H3,(H,17,18). The number of aryl methyl sites for hydroxylation is 1. The van der Waals surface area contributed by atoms with Crippen molar-refractivity contribution >= 4 is 5.97 Å². The summed E-state index contributed by atoms with van der Waals surface area (Å²) in [6.45, 7) is 2.89. The smallest absolute Gasteiger partial charge is 0.335 e. The van der Waals surface area contributed by atoms with Crippen LogP contribution in [0.1, 0.15) is 23.1 Å². The topological polar surface area (TPSA) is 86.5 Å². The summed E-state index contributed by atoms with van der Waals surface area (Å²) in [5, 5.41) is 13.0. The van der Waals surface area contributed by atoms with Crippen LogP contribution >= 0.6 is 0 Å². The molecule has 0 atom stereocenters. The molecule has 0 spiro atoms. The summed E-state index contributed by atoms with van der Waals surface area (Å²) in [7, 11) is 1.46. The first kappa shape index (κ1) is 13.9. The monoisotopic (exact) mass is 277 g/mol. The minimum absolute atomic E-state index is 0.144. The fourth-order valence-electron chi connectivity index (χ4n) is 1.73.